The zero-order valence-electron chi connectivity index (χ0n) is 23.6. The quantitative estimate of drug-likeness (QED) is 0.337. The zero-order chi connectivity index (χ0) is 28.5. The molecule has 2 aromatic carbocycles. The van der Waals surface area contributed by atoms with E-state index in [0.29, 0.717) is 24.2 Å². The lowest BCUT2D eigenvalue weighted by Gasteiger charge is -2.36. The number of nitrogens with zero attached hydrogens (tertiary/aromatic N) is 4. The highest BCUT2D eigenvalue weighted by Crippen LogP contribution is 2.34. The lowest BCUT2D eigenvalue weighted by Crippen LogP contribution is -2.49. The van der Waals surface area contributed by atoms with Gasteiger partial charge in [0.15, 0.2) is 5.82 Å². The fourth-order valence-electron chi connectivity index (χ4n) is 5.76. The average molecular weight is 555 g/mol. The maximum absolute atomic E-state index is 11.6. The van der Waals surface area contributed by atoms with Crippen LogP contribution in [-0.4, -0.2) is 70.2 Å². The second-order valence-corrected chi connectivity index (χ2v) is 10.6. The predicted octanol–water partition coefficient (Wildman–Crippen LogP) is 4.64. The van der Waals surface area contributed by atoms with Crippen LogP contribution in [-0.2, 0) is 24.2 Å². The van der Waals surface area contributed by atoms with E-state index in [9.17, 15) is 9.90 Å². The first kappa shape index (κ1) is 27.0. The molecule has 1 fully saturated rings. The van der Waals surface area contributed by atoms with Crippen molar-refractivity contribution >= 4 is 5.97 Å². The summed E-state index contributed by atoms with van der Waals surface area (Å²) in [5.41, 5.74) is 7.89. The molecular weight excluding hydrogens is 520 g/mol. The Morgan fingerprint density at radius 3 is 2.63 bits per heavy atom. The number of methoxy groups -OCH3 is 1. The maximum Gasteiger partial charge on any atom is 0.342 e. The second kappa shape index (κ2) is 11.3. The standard InChI is InChI=1S/C32H34N4O5/c1-20-6-4-7-26(28-8-5-9-29(34-28)36-31(39-3)27(16-33-36)32(37)38)30(20)41-17-23-11-10-22-12-14-35(24-18-40-19-24)15-13-25(22)21(23)2/h4-11,16,24H,12-15,17-19H2,1-3H3,(H,37,38). The van der Waals surface area contributed by atoms with Crippen LogP contribution in [0, 0.1) is 13.8 Å². The van der Waals surface area contributed by atoms with Crippen molar-refractivity contribution < 1.29 is 24.1 Å². The molecule has 2 aliphatic heterocycles. The van der Waals surface area contributed by atoms with Gasteiger partial charge in [0, 0.05) is 18.7 Å². The number of ether oxygens (including phenoxy) is 3. The van der Waals surface area contributed by atoms with Crippen LogP contribution in [0.15, 0.2) is 54.7 Å². The Morgan fingerprint density at radius 2 is 1.88 bits per heavy atom. The summed E-state index contributed by atoms with van der Waals surface area (Å²) in [6.07, 6.45) is 3.37. The largest absolute Gasteiger partial charge is 0.488 e. The average Bonchev–Trinajstić information content (AvgIpc) is 3.28. The molecule has 0 saturated carbocycles. The molecule has 4 heterocycles. The number of hydrogen-bond acceptors (Lipinski definition) is 7. The second-order valence-electron chi connectivity index (χ2n) is 10.6. The molecule has 212 valence electrons. The van der Waals surface area contributed by atoms with Gasteiger partial charge in [0.05, 0.1) is 38.3 Å². The molecule has 2 aliphatic rings. The van der Waals surface area contributed by atoms with E-state index in [4.69, 9.17) is 19.2 Å². The molecule has 0 amide bonds. The number of hydrogen-bond donors (Lipinski definition) is 1. The Morgan fingerprint density at radius 1 is 1.07 bits per heavy atom. The van der Waals surface area contributed by atoms with Gasteiger partial charge >= 0.3 is 5.97 Å². The van der Waals surface area contributed by atoms with Crippen molar-refractivity contribution in [2.24, 2.45) is 0 Å². The third kappa shape index (κ3) is 5.18. The molecule has 0 unspecified atom stereocenters. The summed E-state index contributed by atoms with van der Waals surface area (Å²) in [4.78, 5) is 19.0. The molecule has 4 aromatic rings. The van der Waals surface area contributed by atoms with Crippen LogP contribution in [0.4, 0.5) is 0 Å². The van der Waals surface area contributed by atoms with Gasteiger partial charge in [-0.2, -0.15) is 9.78 Å². The van der Waals surface area contributed by atoms with Crippen LogP contribution in [0.2, 0.25) is 0 Å². The van der Waals surface area contributed by atoms with Crippen LogP contribution in [0.1, 0.15) is 38.2 Å². The summed E-state index contributed by atoms with van der Waals surface area (Å²) < 4.78 is 18.7. The van der Waals surface area contributed by atoms with Crippen molar-refractivity contribution in [2.45, 2.75) is 39.3 Å². The van der Waals surface area contributed by atoms with E-state index in [2.05, 4.69) is 29.1 Å². The minimum absolute atomic E-state index is 0.0276. The number of aromatic nitrogens is 3. The molecule has 6 rings (SSSR count). The first-order chi connectivity index (χ1) is 19.9. The van der Waals surface area contributed by atoms with Gasteiger partial charge < -0.3 is 19.3 Å². The minimum atomic E-state index is -1.11. The highest BCUT2D eigenvalue weighted by molar-refractivity contribution is 5.90. The van der Waals surface area contributed by atoms with Crippen molar-refractivity contribution in [2.75, 3.05) is 33.4 Å². The summed E-state index contributed by atoms with van der Waals surface area (Å²) in [5.74, 6) is 0.215. The summed E-state index contributed by atoms with van der Waals surface area (Å²) in [6.45, 7) is 8.54. The normalized spacial score (nSPS) is 15.6. The van der Waals surface area contributed by atoms with E-state index in [1.165, 1.54) is 40.2 Å². The molecule has 0 atom stereocenters. The number of carboxylic acid groups (broad SMARTS) is 1. The molecule has 41 heavy (non-hydrogen) atoms. The number of carboxylic acids is 1. The zero-order valence-corrected chi connectivity index (χ0v) is 23.6. The van der Waals surface area contributed by atoms with E-state index in [1.54, 1.807) is 6.07 Å². The van der Waals surface area contributed by atoms with Gasteiger partial charge in [-0.15, -0.1) is 0 Å². The molecule has 9 heteroatoms. The molecule has 0 spiro atoms. The van der Waals surface area contributed by atoms with Gasteiger partial charge in [0.1, 0.15) is 17.9 Å². The van der Waals surface area contributed by atoms with Gasteiger partial charge in [0.2, 0.25) is 5.88 Å². The van der Waals surface area contributed by atoms with Crippen molar-refractivity contribution in [1.82, 2.24) is 19.7 Å². The lowest BCUT2D eigenvalue weighted by atomic mass is 9.94. The van der Waals surface area contributed by atoms with Gasteiger partial charge in [-0.05, 0) is 72.7 Å². The first-order valence-electron chi connectivity index (χ1n) is 13.9. The molecule has 1 saturated heterocycles. The Kier molecular flexibility index (Phi) is 7.47. The summed E-state index contributed by atoms with van der Waals surface area (Å²) in [5, 5.41) is 13.7. The van der Waals surface area contributed by atoms with E-state index in [0.717, 1.165) is 56.0 Å². The molecule has 9 nitrogen and oxygen atoms in total. The number of rotatable bonds is 8. The van der Waals surface area contributed by atoms with Gasteiger partial charge in [-0.3, -0.25) is 4.90 Å². The molecule has 2 aromatic heterocycles. The van der Waals surface area contributed by atoms with E-state index < -0.39 is 5.97 Å². The fraction of sp³-hybridized carbons (Fsp3) is 0.344. The number of carbonyl (C=O) groups is 1. The molecule has 0 aliphatic carbocycles. The number of pyridine rings is 1. The number of aryl methyl sites for hydroxylation is 1. The highest BCUT2D eigenvalue weighted by Gasteiger charge is 2.28. The third-order valence-corrected chi connectivity index (χ3v) is 8.22. The highest BCUT2D eigenvalue weighted by atomic mass is 16.5. The maximum atomic E-state index is 11.6. The fourth-order valence-corrected chi connectivity index (χ4v) is 5.76. The van der Waals surface area contributed by atoms with Gasteiger partial charge in [-0.25, -0.2) is 9.78 Å². The van der Waals surface area contributed by atoms with Gasteiger partial charge in [0.25, 0.3) is 0 Å². The SMILES string of the molecule is COc1c(C(=O)O)cnn1-c1cccc(-c2cccc(C)c2OCc2ccc3c(c2C)CCN(C2COC2)CC3)n1. The van der Waals surface area contributed by atoms with Gasteiger partial charge in [-0.1, -0.05) is 30.3 Å². The van der Waals surface area contributed by atoms with Crippen molar-refractivity contribution in [3.05, 3.63) is 88.1 Å². The summed E-state index contributed by atoms with van der Waals surface area (Å²) >= 11 is 0. The van der Waals surface area contributed by atoms with E-state index in [-0.39, 0.29) is 11.4 Å². The van der Waals surface area contributed by atoms with Crippen LogP contribution in [0.5, 0.6) is 11.6 Å². The number of para-hydroxylation sites is 1. The van der Waals surface area contributed by atoms with Crippen molar-refractivity contribution in [1.29, 1.82) is 0 Å². The Labute approximate surface area is 239 Å². The Bertz CT molecular complexity index is 1590. The summed E-state index contributed by atoms with van der Waals surface area (Å²) in [7, 11) is 1.42. The smallest absolute Gasteiger partial charge is 0.342 e. The number of aromatic carboxylic acids is 1. The van der Waals surface area contributed by atoms with Crippen LogP contribution >= 0.6 is 0 Å². The monoisotopic (exact) mass is 554 g/mol. The summed E-state index contributed by atoms with van der Waals surface area (Å²) in [6, 6.07) is 16.6. The molecule has 0 bridgehead atoms. The van der Waals surface area contributed by atoms with Crippen LogP contribution in [0.3, 0.4) is 0 Å². The predicted molar refractivity (Wildman–Crippen MR) is 154 cm³/mol. The molecule has 0 radical (unpaired) electrons. The molecule has 1 N–H and O–H groups in total. The Hall–Kier alpha value is -4.21. The molecular formula is C32H34N4O5. The van der Waals surface area contributed by atoms with E-state index >= 15 is 0 Å². The lowest BCUT2D eigenvalue weighted by molar-refractivity contribution is -0.0634. The first-order valence-corrected chi connectivity index (χ1v) is 13.9. The number of fused-ring (bicyclic) bond motifs is 1. The minimum Gasteiger partial charge on any atom is -0.488 e. The van der Waals surface area contributed by atoms with Crippen molar-refractivity contribution in [3.63, 3.8) is 0 Å². The third-order valence-electron chi connectivity index (χ3n) is 8.22. The Balaban J connectivity index is 1.26. The topological polar surface area (TPSA) is 98.9 Å². The van der Waals surface area contributed by atoms with Crippen LogP contribution in [0.25, 0.3) is 17.1 Å². The van der Waals surface area contributed by atoms with Crippen LogP contribution < -0.4 is 9.47 Å². The number of benzene rings is 2. The van der Waals surface area contributed by atoms with Crippen molar-refractivity contribution in [3.8, 4) is 28.7 Å². The van der Waals surface area contributed by atoms with E-state index in [1.807, 2.05) is 37.3 Å².